The van der Waals surface area contributed by atoms with Gasteiger partial charge in [0.15, 0.2) is 0 Å². The minimum atomic E-state index is -0.224. The summed E-state index contributed by atoms with van der Waals surface area (Å²) in [5, 5.41) is 11.5. The molecule has 2 aromatic heterocycles. The molecule has 2 N–H and O–H groups in total. The molecule has 4 aromatic rings. The number of carbonyl (C=O) groups excluding carboxylic acids is 1. The second kappa shape index (κ2) is 9.22. The highest BCUT2D eigenvalue weighted by molar-refractivity contribution is 7.99. The summed E-state index contributed by atoms with van der Waals surface area (Å²) in [6.07, 6.45) is 0. The number of ether oxygens (including phenoxy) is 1. The number of hydrogen-bond acceptors (Lipinski definition) is 7. The fourth-order valence-electron chi connectivity index (χ4n) is 3.13. The molecule has 160 valence electrons. The summed E-state index contributed by atoms with van der Waals surface area (Å²) < 4.78 is 10.8. The van der Waals surface area contributed by atoms with Gasteiger partial charge in [-0.05, 0) is 42.3 Å². The third-order valence-electron chi connectivity index (χ3n) is 4.76. The van der Waals surface area contributed by atoms with Crippen LogP contribution in [0.3, 0.4) is 0 Å². The monoisotopic (exact) mass is 437 g/mol. The molecule has 4 rings (SSSR count). The van der Waals surface area contributed by atoms with E-state index in [1.165, 1.54) is 11.8 Å². The molecule has 2 heterocycles. The van der Waals surface area contributed by atoms with Gasteiger partial charge < -0.3 is 19.5 Å². The zero-order valence-corrected chi connectivity index (χ0v) is 18.3. The molecule has 1 amide bonds. The maximum atomic E-state index is 12.6. The summed E-state index contributed by atoms with van der Waals surface area (Å²) in [4.78, 5) is 20.5. The Bertz CT molecular complexity index is 1140. The number of thioether (sulfide) groups is 1. The number of carbonyl (C=O) groups is 1. The summed E-state index contributed by atoms with van der Waals surface area (Å²) in [5.74, 6) is 2.09. The first kappa shape index (κ1) is 20.9. The van der Waals surface area contributed by atoms with Gasteiger partial charge in [-0.25, -0.2) is 4.98 Å². The lowest BCUT2D eigenvalue weighted by Gasteiger charge is -2.20. The normalized spacial score (nSPS) is 12.3. The van der Waals surface area contributed by atoms with Gasteiger partial charge in [-0.1, -0.05) is 37.7 Å². The third kappa shape index (κ3) is 4.88. The van der Waals surface area contributed by atoms with Crippen LogP contribution >= 0.6 is 11.8 Å². The van der Waals surface area contributed by atoms with Gasteiger partial charge in [-0.3, -0.25) is 4.79 Å². The quantitative estimate of drug-likeness (QED) is 0.397. The van der Waals surface area contributed by atoms with Gasteiger partial charge in [0.2, 0.25) is 11.8 Å². The van der Waals surface area contributed by atoms with Crippen LogP contribution in [0.1, 0.15) is 25.7 Å². The Labute approximate surface area is 183 Å². The Kier molecular flexibility index (Phi) is 6.22. The van der Waals surface area contributed by atoms with Crippen LogP contribution in [0.25, 0.3) is 22.5 Å². The highest BCUT2D eigenvalue weighted by Crippen LogP contribution is 2.26. The Hall–Kier alpha value is -3.33. The molecular formula is C22H23N5O3S. The van der Waals surface area contributed by atoms with Gasteiger partial charge in [-0.15, -0.1) is 10.2 Å². The topological polar surface area (TPSA) is 106 Å². The number of fused-ring (bicyclic) bond motifs is 1. The van der Waals surface area contributed by atoms with Gasteiger partial charge in [0.25, 0.3) is 5.22 Å². The summed E-state index contributed by atoms with van der Waals surface area (Å²) in [6.45, 7) is 4.09. The summed E-state index contributed by atoms with van der Waals surface area (Å²) in [5.41, 5.74) is 2.61. The smallest absolute Gasteiger partial charge is 0.277 e. The van der Waals surface area contributed by atoms with E-state index in [0.717, 1.165) is 28.2 Å². The molecule has 0 unspecified atom stereocenters. The Morgan fingerprint density at radius 3 is 2.65 bits per heavy atom. The lowest BCUT2D eigenvalue weighted by molar-refractivity contribution is -0.119. The van der Waals surface area contributed by atoms with Crippen molar-refractivity contribution in [3.05, 3.63) is 54.4 Å². The van der Waals surface area contributed by atoms with Gasteiger partial charge in [0.05, 0.1) is 29.9 Å². The van der Waals surface area contributed by atoms with E-state index < -0.39 is 0 Å². The predicted molar refractivity (Wildman–Crippen MR) is 119 cm³/mol. The molecule has 0 saturated heterocycles. The van der Waals surface area contributed by atoms with Crippen LogP contribution in [-0.2, 0) is 4.79 Å². The molecule has 31 heavy (non-hydrogen) atoms. The second-order valence-electron chi connectivity index (χ2n) is 7.32. The number of benzene rings is 2. The first-order chi connectivity index (χ1) is 15.0. The number of methoxy groups -OCH3 is 1. The first-order valence-corrected chi connectivity index (χ1v) is 10.9. The highest BCUT2D eigenvalue weighted by Gasteiger charge is 2.22. The number of rotatable bonds is 8. The number of aromatic nitrogens is 4. The second-order valence-corrected chi connectivity index (χ2v) is 8.25. The number of amides is 1. The molecule has 8 nitrogen and oxygen atoms in total. The standard InChI is InChI=1S/C22H23N5O3S/c1-13(2)19(20-23-16-6-4-5-7-17(16)24-20)25-18(28)12-31-22-27-26-21(30-22)14-8-10-15(29-3)11-9-14/h4-11,13,19H,12H2,1-3H3,(H,23,24)(H,25,28)/t19-/m1/s1. The molecule has 0 radical (unpaired) electrons. The number of hydrogen-bond donors (Lipinski definition) is 2. The molecule has 0 saturated carbocycles. The predicted octanol–water partition coefficient (Wildman–Crippen LogP) is 4.23. The van der Waals surface area contributed by atoms with Crippen molar-refractivity contribution in [2.75, 3.05) is 12.9 Å². The number of para-hydroxylation sites is 2. The van der Waals surface area contributed by atoms with Crippen molar-refractivity contribution in [1.29, 1.82) is 0 Å². The van der Waals surface area contributed by atoms with E-state index in [1.54, 1.807) is 7.11 Å². The lowest BCUT2D eigenvalue weighted by Crippen LogP contribution is -2.33. The third-order valence-corrected chi connectivity index (χ3v) is 5.57. The van der Waals surface area contributed by atoms with Gasteiger partial charge in [-0.2, -0.15) is 0 Å². The number of aromatic amines is 1. The molecular weight excluding hydrogens is 414 g/mol. The Morgan fingerprint density at radius 1 is 1.16 bits per heavy atom. The number of imidazole rings is 1. The average Bonchev–Trinajstić information content (AvgIpc) is 3.43. The van der Waals surface area contributed by atoms with E-state index in [1.807, 2.05) is 62.4 Å². The minimum Gasteiger partial charge on any atom is -0.497 e. The number of nitrogens with zero attached hydrogens (tertiary/aromatic N) is 3. The number of H-pyrrole nitrogens is 1. The van der Waals surface area contributed by atoms with Gasteiger partial charge >= 0.3 is 0 Å². The molecule has 9 heteroatoms. The van der Waals surface area contributed by atoms with E-state index in [0.29, 0.717) is 11.1 Å². The van der Waals surface area contributed by atoms with Crippen molar-refractivity contribution in [2.24, 2.45) is 5.92 Å². The summed E-state index contributed by atoms with van der Waals surface area (Å²) in [6, 6.07) is 14.9. The molecule has 0 aliphatic carbocycles. The Morgan fingerprint density at radius 2 is 1.94 bits per heavy atom. The average molecular weight is 438 g/mol. The molecule has 0 aliphatic rings. The van der Waals surface area contributed by atoms with Gasteiger partial charge in [0, 0.05) is 5.56 Å². The van der Waals surface area contributed by atoms with E-state index in [2.05, 4.69) is 25.5 Å². The van der Waals surface area contributed by atoms with Crippen LogP contribution in [-0.4, -0.2) is 38.9 Å². The van der Waals surface area contributed by atoms with E-state index in [9.17, 15) is 4.79 Å². The van der Waals surface area contributed by atoms with E-state index >= 15 is 0 Å². The van der Waals surface area contributed by atoms with Crippen LogP contribution in [0.4, 0.5) is 0 Å². The van der Waals surface area contributed by atoms with Crippen LogP contribution in [0.2, 0.25) is 0 Å². The molecule has 2 aromatic carbocycles. The summed E-state index contributed by atoms with van der Waals surface area (Å²) >= 11 is 1.20. The first-order valence-electron chi connectivity index (χ1n) is 9.88. The van der Waals surface area contributed by atoms with Gasteiger partial charge in [0.1, 0.15) is 11.6 Å². The fraction of sp³-hybridized carbons (Fsp3) is 0.273. The fourth-order valence-corrected chi connectivity index (χ4v) is 3.71. The van der Waals surface area contributed by atoms with Crippen LogP contribution in [0.5, 0.6) is 5.75 Å². The zero-order valence-electron chi connectivity index (χ0n) is 17.5. The van der Waals surface area contributed by atoms with Crippen LogP contribution < -0.4 is 10.1 Å². The Balaban J connectivity index is 1.38. The van der Waals surface area contributed by atoms with Crippen molar-refractivity contribution in [3.8, 4) is 17.2 Å². The zero-order chi connectivity index (χ0) is 21.8. The maximum Gasteiger partial charge on any atom is 0.277 e. The SMILES string of the molecule is COc1ccc(-c2nnc(SCC(=O)N[C@@H](c3nc4ccccc4[nH]3)C(C)C)o2)cc1. The van der Waals surface area contributed by atoms with Crippen LogP contribution in [0, 0.1) is 5.92 Å². The van der Waals surface area contributed by atoms with E-state index in [-0.39, 0.29) is 23.6 Å². The van der Waals surface area contributed by atoms with E-state index in [4.69, 9.17) is 9.15 Å². The van der Waals surface area contributed by atoms with Crippen molar-refractivity contribution in [1.82, 2.24) is 25.5 Å². The molecule has 0 fully saturated rings. The number of nitrogens with one attached hydrogen (secondary N) is 2. The summed E-state index contributed by atoms with van der Waals surface area (Å²) in [7, 11) is 1.61. The van der Waals surface area contributed by atoms with Crippen LogP contribution in [0.15, 0.2) is 58.2 Å². The maximum absolute atomic E-state index is 12.6. The highest BCUT2D eigenvalue weighted by atomic mass is 32.2. The van der Waals surface area contributed by atoms with Crippen molar-refractivity contribution in [3.63, 3.8) is 0 Å². The van der Waals surface area contributed by atoms with Crippen molar-refractivity contribution >= 4 is 28.7 Å². The van der Waals surface area contributed by atoms with Crippen molar-refractivity contribution < 1.29 is 13.9 Å². The molecule has 1 atom stereocenters. The molecule has 0 spiro atoms. The van der Waals surface area contributed by atoms with Crippen molar-refractivity contribution in [2.45, 2.75) is 25.1 Å². The largest absolute Gasteiger partial charge is 0.497 e. The molecule has 0 bridgehead atoms. The lowest BCUT2D eigenvalue weighted by atomic mass is 10.0. The minimum absolute atomic E-state index is 0.131. The molecule has 0 aliphatic heterocycles.